The minimum atomic E-state index is 0.426. The van der Waals surface area contributed by atoms with Crippen LogP contribution in [0, 0.1) is 0 Å². The topological polar surface area (TPSA) is 64.9 Å². The fourth-order valence-corrected chi connectivity index (χ4v) is 2.29. The Kier molecular flexibility index (Phi) is 2.23. The molecule has 0 saturated carbocycles. The van der Waals surface area contributed by atoms with Crippen molar-refractivity contribution in [2.75, 3.05) is 5.73 Å². The summed E-state index contributed by atoms with van der Waals surface area (Å²) in [6, 6.07) is 17.4. The molecule has 0 aliphatic rings. The quantitative estimate of drug-likeness (QED) is 0.568. The Bertz CT molecular complexity index is 894. The van der Waals surface area contributed by atoms with Crippen LogP contribution in [0.25, 0.3) is 33.5 Å². The molecule has 0 fully saturated rings. The summed E-state index contributed by atoms with van der Waals surface area (Å²) in [5.74, 6) is 0.928. The number of anilines is 1. The highest BCUT2D eigenvalue weighted by atomic mass is 16.3. The summed E-state index contributed by atoms with van der Waals surface area (Å²) in [6.45, 7) is 0. The Hall–Kier alpha value is -2.88. The smallest absolute Gasteiger partial charge is 0.231 e. The molecule has 0 radical (unpaired) electrons. The molecule has 0 aliphatic heterocycles. The molecule has 4 nitrogen and oxygen atoms in total. The number of pyridine rings is 1. The zero-order valence-electron chi connectivity index (χ0n) is 10.6. The van der Waals surface area contributed by atoms with Crippen LogP contribution in [0.5, 0.6) is 0 Å². The van der Waals surface area contributed by atoms with Gasteiger partial charge in [0.15, 0.2) is 5.58 Å². The second kappa shape index (κ2) is 4.06. The summed E-state index contributed by atoms with van der Waals surface area (Å²) in [4.78, 5) is 8.86. The number of rotatable bonds is 1. The number of hydrogen-bond acceptors (Lipinski definition) is 4. The van der Waals surface area contributed by atoms with Crippen LogP contribution >= 0.6 is 0 Å². The van der Waals surface area contributed by atoms with Crippen LogP contribution in [0.3, 0.4) is 0 Å². The van der Waals surface area contributed by atoms with Crippen molar-refractivity contribution in [1.29, 1.82) is 0 Å². The third-order valence-electron chi connectivity index (χ3n) is 3.28. The maximum atomic E-state index is 6.03. The van der Waals surface area contributed by atoms with Crippen molar-refractivity contribution in [3.63, 3.8) is 0 Å². The van der Waals surface area contributed by atoms with E-state index >= 15 is 0 Å². The zero-order valence-corrected chi connectivity index (χ0v) is 10.6. The first-order valence-electron chi connectivity index (χ1n) is 6.32. The Morgan fingerprint density at radius 2 is 1.60 bits per heavy atom. The molecule has 0 amide bonds. The molecule has 4 rings (SSSR count). The average molecular weight is 261 g/mol. The highest BCUT2D eigenvalue weighted by molar-refractivity contribution is 5.88. The van der Waals surface area contributed by atoms with Crippen LogP contribution in [0.1, 0.15) is 0 Å². The van der Waals surface area contributed by atoms with E-state index in [-0.39, 0.29) is 0 Å². The second-order valence-corrected chi connectivity index (χ2v) is 4.60. The van der Waals surface area contributed by atoms with Gasteiger partial charge in [-0.2, -0.15) is 0 Å². The molecule has 0 bridgehead atoms. The van der Waals surface area contributed by atoms with Gasteiger partial charge in [-0.05, 0) is 24.3 Å². The van der Waals surface area contributed by atoms with Crippen molar-refractivity contribution in [2.24, 2.45) is 0 Å². The molecule has 4 heteroatoms. The third-order valence-corrected chi connectivity index (χ3v) is 3.28. The highest BCUT2D eigenvalue weighted by Gasteiger charge is 2.12. The molecule has 2 heterocycles. The fourth-order valence-electron chi connectivity index (χ4n) is 2.29. The van der Waals surface area contributed by atoms with E-state index in [0.29, 0.717) is 11.7 Å². The highest BCUT2D eigenvalue weighted by Crippen LogP contribution is 2.30. The lowest BCUT2D eigenvalue weighted by atomic mass is 10.1. The molecule has 0 aliphatic carbocycles. The Labute approximate surface area is 114 Å². The number of nitrogens with zero attached hydrogens (tertiary/aromatic N) is 2. The maximum Gasteiger partial charge on any atom is 0.231 e. The minimum Gasteiger partial charge on any atom is -0.436 e. The number of benzene rings is 2. The van der Waals surface area contributed by atoms with Crippen molar-refractivity contribution in [1.82, 2.24) is 9.97 Å². The molecule has 2 aromatic heterocycles. The van der Waals surface area contributed by atoms with Gasteiger partial charge in [0.25, 0.3) is 0 Å². The van der Waals surface area contributed by atoms with E-state index in [1.165, 1.54) is 0 Å². The molecule has 2 aromatic carbocycles. The van der Waals surface area contributed by atoms with E-state index in [1.54, 1.807) is 0 Å². The lowest BCUT2D eigenvalue weighted by Gasteiger charge is -2.03. The zero-order chi connectivity index (χ0) is 13.5. The van der Waals surface area contributed by atoms with Crippen molar-refractivity contribution in [2.45, 2.75) is 0 Å². The number of aromatic nitrogens is 2. The van der Waals surface area contributed by atoms with Gasteiger partial charge in [-0.25, -0.2) is 9.97 Å². The van der Waals surface area contributed by atoms with E-state index in [9.17, 15) is 0 Å². The van der Waals surface area contributed by atoms with Gasteiger partial charge in [0.2, 0.25) is 5.89 Å². The van der Waals surface area contributed by atoms with E-state index in [0.717, 1.165) is 27.6 Å². The number of nitrogens with two attached hydrogens (primary N) is 1. The summed E-state index contributed by atoms with van der Waals surface area (Å²) in [6.07, 6.45) is 0. The van der Waals surface area contributed by atoms with Gasteiger partial charge in [0.1, 0.15) is 11.3 Å². The largest absolute Gasteiger partial charge is 0.436 e. The Morgan fingerprint density at radius 3 is 2.45 bits per heavy atom. The van der Waals surface area contributed by atoms with Crippen molar-refractivity contribution in [3.05, 3.63) is 54.6 Å². The van der Waals surface area contributed by atoms with Gasteiger partial charge >= 0.3 is 0 Å². The van der Waals surface area contributed by atoms with E-state index in [1.807, 2.05) is 54.6 Å². The van der Waals surface area contributed by atoms with Gasteiger partial charge in [-0.3, -0.25) is 0 Å². The predicted molar refractivity (Wildman–Crippen MR) is 79.2 cm³/mol. The number of fused-ring (bicyclic) bond motifs is 2. The van der Waals surface area contributed by atoms with E-state index in [4.69, 9.17) is 10.2 Å². The normalized spacial score (nSPS) is 11.2. The first-order valence-corrected chi connectivity index (χ1v) is 6.32. The fraction of sp³-hybridized carbons (Fsp3) is 0. The molecule has 20 heavy (non-hydrogen) atoms. The molecule has 0 unspecified atom stereocenters. The molecule has 96 valence electrons. The molecule has 0 atom stereocenters. The van der Waals surface area contributed by atoms with Crippen LogP contribution in [-0.4, -0.2) is 9.97 Å². The van der Waals surface area contributed by atoms with Crippen LogP contribution in [0.4, 0.5) is 5.82 Å². The first-order chi connectivity index (χ1) is 9.81. The number of oxazole rings is 1. The SMILES string of the molecule is Nc1nc2ccccc2cc1-c1nc2ccccc2o1. The predicted octanol–water partition coefficient (Wildman–Crippen LogP) is 3.63. The van der Waals surface area contributed by atoms with Crippen molar-refractivity contribution in [3.8, 4) is 11.5 Å². The van der Waals surface area contributed by atoms with Crippen molar-refractivity contribution >= 4 is 27.8 Å². The molecule has 2 N–H and O–H groups in total. The summed E-state index contributed by atoms with van der Waals surface area (Å²) in [5, 5.41) is 1.01. The van der Waals surface area contributed by atoms with Gasteiger partial charge in [-0.1, -0.05) is 30.3 Å². The Morgan fingerprint density at radius 1 is 0.850 bits per heavy atom. The van der Waals surface area contributed by atoms with Crippen LogP contribution in [-0.2, 0) is 0 Å². The van der Waals surface area contributed by atoms with E-state index in [2.05, 4.69) is 9.97 Å². The van der Waals surface area contributed by atoms with Gasteiger partial charge in [0, 0.05) is 5.39 Å². The lowest BCUT2D eigenvalue weighted by molar-refractivity contribution is 0.620. The average Bonchev–Trinajstić information content (AvgIpc) is 2.90. The van der Waals surface area contributed by atoms with E-state index < -0.39 is 0 Å². The van der Waals surface area contributed by atoms with Gasteiger partial charge in [0.05, 0.1) is 11.1 Å². The first kappa shape index (κ1) is 11.0. The molecule has 4 aromatic rings. The van der Waals surface area contributed by atoms with Crippen molar-refractivity contribution < 1.29 is 4.42 Å². The molecular weight excluding hydrogens is 250 g/mol. The lowest BCUT2D eigenvalue weighted by Crippen LogP contribution is -1.95. The van der Waals surface area contributed by atoms with Crippen LogP contribution in [0.2, 0.25) is 0 Å². The minimum absolute atomic E-state index is 0.426. The summed E-state index contributed by atoms with van der Waals surface area (Å²) in [5.41, 5.74) is 9.18. The Balaban J connectivity index is 1.98. The summed E-state index contributed by atoms with van der Waals surface area (Å²) < 4.78 is 5.75. The standard InChI is InChI=1S/C16H11N3O/c17-15-11(9-10-5-1-2-6-12(10)18-15)16-19-13-7-3-4-8-14(13)20-16/h1-9H,(H2,17,18). The maximum absolute atomic E-state index is 6.03. The molecule has 0 spiro atoms. The van der Waals surface area contributed by atoms with Crippen LogP contribution in [0.15, 0.2) is 59.0 Å². The number of para-hydroxylation sites is 3. The second-order valence-electron chi connectivity index (χ2n) is 4.60. The third kappa shape index (κ3) is 1.62. The van der Waals surface area contributed by atoms with Gasteiger partial charge < -0.3 is 10.2 Å². The molecule has 0 saturated heterocycles. The number of hydrogen-bond donors (Lipinski definition) is 1. The summed E-state index contributed by atoms with van der Waals surface area (Å²) >= 11 is 0. The van der Waals surface area contributed by atoms with Crippen LogP contribution < -0.4 is 5.73 Å². The summed E-state index contributed by atoms with van der Waals surface area (Å²) in [7, 11) is 0. The number of nitrogen functional groups attached to an aromatic ring is 1. The van der Waals surface area contributed by atoms with Gasteiger partial charge in [-0.15, -0.1) is 0 Å². The molecular formula is C16H11N3O. The monoisotopic (exact) mass is 261 g/mol.